The van der Waals surface area contributed by atoms with Crippen LogP contribution in [0.4, 0.5) is 0 Å². The third kappa shape index (κ3) is 4.94. The molecule has 3 unspecified atom stereocenters. The Morgan fingerprint density at radius 2 is 1.84 bits per heavy atom. The predicted octanol–water partition coefficient (Wildman–Crippen LogP) is 9.20. The fraction of sp³-hybridized carbons (Fsp3) is 0.613. The van der Waals surface area contributed by atoms with Gasteiger partial charge in [0.15, 0.2) is 0 Å². The molecule has 0 nitrogen and oxygen atoms in total. The van der Waals surface area contributed by atoms with Gasteiger partial charge in [0.1, 0.15) is 0 Å². The van der Waals surface area contributed by atoms with Crippen LogP contribution in [0.15, 0.2) is 42.5 Å². The predicted molar refractivity (Wildman–Crippen MR) is 137 cm³/mol. The molecule has 2 fully saturated rings. The van der Waals surface area contributed by atoms with E-state index < -0.39 is 0 Å². The summed E-state index contributed by atoms with van der Waals surface area (Å²) in [6.45, 7) is 12.9. The van der Waals surface area contributed by atoms with Gasteiger partial charge in [0.25, 0.3) is 0 Å². The van der Waals surface area contributed by atoms with Gasteiger partial charge in [0.2, 0.25) is 0 Å². The van der Waals surface area contributed by atoms with Gasteiger partial charge >= 0.3 is 0 Å². The van der Waals surface area contributed by atoms with Crippen molar-refractivity contribution in [1.29, 1.82) is 0 Å². The third-order valence-electron chi connectivity index (χ3n) is 8.53. The molecule has 0 spiro atoms. The molecule has 3 atom stereocenters. The van der Waals surface area contributed by atoms with Gasteiger partial charge in [-0.3, -0.25) is 0 Å². The van der Waals surface area contributed by atoms with Crippen LogP contribution >= 0.6 is 0 Å². The molecule has 0 heterocycles. The summed E-state index contributed by atoms with van der Waals surface area (Å²) in [5.41, 5.74) is 9.62. The van der Waals surface area contributed by atoms with Crippen molar-refractivity contribution in [2.24, 2.45) is 17.8 Å². The zero-order valence-corrected chi connectivity index (χ0v) is 20.2. The minimum atomic E-state index is 0.655. The Labute approximate surface area is 191 Å². The van der Waals surface area contributed by atoms with E-state index in [4.69, 9.17) is 0 Å². The van der Waals surface area contributed by atoms with Crippen LogP contribution < -0.4 is 0 Å². The molecule has 168 valence electrons. The number of rotatable bonds is 9. The van der Waals surface area contributed by atoms with Gasteiger partial charge in [-0.05, 0) is 98.3 Å². The van der Waals surface area contributed by atoms with Crippen molar-refractivity contribution in [2.45, 2.75) is 103 Å². The number of allylic oxidation sites excluding steroid dienone is 3. The largest absolute Gasteiger partial charge is 0.103 e. The molecule has 0 radical (unpaired) electrons. The molecule has 1 aromatic rings. The SMILES string of the molecule is C=CC1CCCC1CC1C(C2CCCCC2)=Cc2c1ccc(CCC)c2CCC(=C)C. The number of fused-ring (bicyclic) bond motifs is 1. The molecule has 0 aliphatic heterocycles. The molecular formula is C31H44. The normalized spacial score (nSPS) is 26.0. The average molecular weight is 417 g/mol. The van der Waals surface area contributed by atoms with Gasteiger partial charge < -0.3 is 0 Å². The molecule has 2 saturated carbocycles. The van der Waals surface area contributed by atoms with Crippen molar-refractivity contribution < 1.29 is 0 Å². The van der Waals surface area contributed by atoms with Crippen molar-refractivity contribution >= 4 is 6.08 Å². The maximum atomic E-state index is 4.20. The Balaban J connectivity index is 1.72. The summed E-state index contributed by atoms with van der Waals surface area (Å²) in [6.07, 6.45) is 22.3. The van der Waals surface area contributed by atoms with E-state index in [9.17, 15) is 0 Å². The Kier molecular flexibility index (Phi) is 7.57. The van der Waals surface area contributed by atoms with Gasteiger partial charge in [-0.1, -0.05) is 74.5 Å². The Morgan fingerprint density at radius 1 is 1.03 bits per heavy atom. The molecule has 4 rings (SSSR count). The first kappa shape index (κ1) is 22.6. The van der Waals surface area contributed by atoms with Crippen molar-refractivity contribution in [2.75, 3.05) is 0 Å². The zero-order valence-electron chi connectivity index (χ0n) is 20.2. The molecule has 0 N–H and O–H groups in total. The molecule has 0 saturated heterocycles. The van der Waals surface area contributed by atoms with E-state index in [1.807, 2.05) is 0 Å². The quantitative estimate of drug-likeness (QED) is 0.352. The molecule has 1 aromatic carbocycles. The summed E-state index contributed by atoms with van der Waals surface area (Å²) in [6, 6.07) is 5.01. The van der Waals surface area contributed by atoms with Crippen LogP contribution in [-0.2, 0) is 12.8 Å². The average Bonchev–Trinajstić information content (AvgIpc) is 3.38. The summed E-state index contributed by atoms with van der Waals surface area (Å²) in [4.78, 5) is 0. The first-order chi connectivity index (χ1) is 15.1. The Morgan fingerprint density at radius 3 is 2.55 bits per heavy atom. The van der Waals surface area contributed by atoms with E-state index >= 15 is 0 Å². The van der Waals surface area contributed by atoms with Crippen LogP contribution in [-0.4, -0.2) is 0 Å². The van der Waals surface area contributed by atoms with Gasteiger partial charge in [-0.15, -0.1) is 13.2 Å². The lowest BCUT2D eigenvalue weighted by Gasteiger charge is -2.30. The topological polar surface area (TPSA) is 0 Å². The minimum Gasteiger partial charge on any atom is -0.103 e. The highest BCUT2D eigenvalue weighted by atomic mass is 14.4. The van der Waals surface area contributed by atoms with Gasteiger partial charge in [0, 0.05) is 5.92 Å². The second-order valence-electron chi connectivity index (χ2n) is 10.8. The van der Waals surface area contributed by atoms with Crippen molar-refractivity contribution in [1.82, 2.24) is 0 Å². The maximum absolute atomic E-state index is 4.20. The molecular weight excluding hydrogens is 372 g/mol. The smallest absolute Gasteiger partial charge is 0.00631 e. The van der Waals surface area contributed by atoms with Gasteiger partial charge in [-0.2, -0.15) is 0 Å². The highest BCUT2D eigenvalue weighted by Gasteiger charge is 2.36. The van der Waals surface area contributed by atoms with Crippen molar-refractivity contribution in [3.63, 3.8) is 0 Å². The van der Waals surface area contributed by atoms with Crippen molar-refractivity contribution in [3.05, 3.63) is 64.8 Å². The lowest BCUT2D eigenvalue weighted by atomic mass is 9.74. The number of benzene rings is 1. The number of aryl methyl sites for hydroxylation is 1. The standard InChI is InChI=1S/C31H44/c1-5-11-24-17-19-28-30(20-26-15-10-14-23(26)6-2)29(25-12-8-7-9-13-25)21-31(28)27(24)18-16-22(3)4/h6,17,19,21,23,25-26,30H,2-3,5,7-16,18,20H2,1,4H3. The van der Waals surface area contributed by atoms with E-state index in [0.29, 0.717) is 5.92 Å². The monoisotopic (exact) mass is 416 g/mol. The van der Waals surface area contributed by atoms with E-state index in [0.717, 1.165) is 30.6 Å². The van der Waals surface area contributed by atoms with Gasteiger partial charge in [-0.25, -0.2) is 0 Å². The summed E-state index contributed by atoms with van der Waals surface area (Å²) in [5, 5.41) is 0. The van der Waals surface area contributed by atoms with E-state index in [2.05, 4.69) is 51.3 Å². The number of hydrogen-bond acceptors (Lipinski definition) is 0. The minimum absolute atomic E-state index is 0.655. The summed E-state index contributed by atoms with van der Waals surface area (Å²) >= 11 is 0. The molecule has 31 heavy (non-hydrogen) atoms. The highest BCUT2D eigenvalue weighted by molar-refractivity contribution is 5.71. The second-order valence-corrected chi connectivity index (χ2v) is 10.8. The molecule has 3 aliphatic carbocycles. The van der Waals surface area contributed by atoms with Crippen molar-refractivity contribution in [3.8, 4) is 0 Å². The zero-order chi connectivity index (χ0) is 21.8. The highest BCUT2D eigenvalue weighted by Crippen LogP contribution is 2.51. The van der Waals surface area contributed by atoms with E-state index in [1.54, 1.807) is 27.8 Å². The number of hydrogen-bond donors (Lipinski definition) is 0. The molecule has 0 bridgehead atoms. The summed E-state index contributed by atoms with van der Waals surface area (Å²) < 4.78 is 0. The van der Waals surface area contributed by atoms with E-state index in [1.165, 1.54) is 76.2 Å². The van der Waals surface area contributed by atoms with Crippen LogP contribution in [0.3, 0.4) is 0 Å². The first-order valence-electron chi connectivity index (χ1n) is 13.2. The Bertz CT molecular complexity index is 817. The second kappa shape index (κ2) is 10.4. The molecule has 0 amide bonds. The fourth-order valence-electron chi connectivity index (χ4n) is 6.86. The van der Waals surface area contributed by atoms with Gasteiger partial charge in [0.05, 0.1) is 0 Å². The van der Waals surface area contributed by atoms with Crippen LogP contribution in [0.2, 0.25) is 0 Å². The lowest BCUT2D eigenvalue weighted by molar-refractivity contribution is 0.357. The summed E-state index contributed by atoms with van der Waals surface area (Å²) in [5.74, 6) is 3.04. The van der Waals surface area contributed by atoms with Crippen LogP contribution in [0.5, 0.6) is 0 Å². The first-order valence-corrected chi connectivity index (χ1v) is 13.2. The van der Waals surface area contributed by atoms with Crippen LogP contribution in [0.1, 0.15) is 113 Å². The van der Waals surface area contributed by atoms with Crippen LogP contribution in [0, 0.1) is 17.8 Å². The molecule has 0 aromatic heterocycles. The Hall–Kier alpha value is -1.56. The molecule has 3 aliphatic rings. The maximum Gasteiger partial charge on any atom is 0.00631 e. The fourth-order valence-corrected chi connectivity index (χ4v) is 6.86. The van der Waals surface area contributed by atoms with E-state index in [-0.39, 0.29) is 0 Å². The third-order valence-corrected chi connectivity index (χ3v) is 8.53. The van der Waals surface area contributed by atoms with Crippen LogP contribution in [0.25, 0.3) is 6.08 Å². The molecule has 0 heteroatoms. The lowest BCUT2D eigenvalue weighted by Crippen LogP contribution is -2.17. The summed E-state index contributed by atoms with van der Waals surface area (Å²) in [7, 11) is 0.